The van der Waals surface area contributed by atoms with Crippen LogP contribution in [0.15, 0.2) is 12.1 Å². The number of anilines is 1. The predicted molar refractivity (Wildman–Crippen MR) is 74.6 cm³/mol. The molecular formula is C12H18F3N3O2S. The fourth-order valence-corrected chi connectivity index (χ4v) is 2.55. The van der Waals surface area contributed by atoms with Crippen LogP contribution in [0.5, 0.6) is 0 Å². The number of nitrogens with one attached hydrogen (secondary N) is 2. The number of benzene rings is 1. The lowest BCUT2D eigenvalue weighted by Gasteiger charge is -2.18. The third-order valence-corrected chi connectivity index (χ3v) is 4.19. The van der Waals surface area contributed by atoms with E-state index in [2.05, 4.69) is 5.32 Å². The monoisotopic (exact) mass is 325 g/mol. The van der Waals surface area contributed by atoms with E-state index in [1.807, 2.05) is 6.92 Å². The molecule has 1 rings (SSSR count). The third kappa shape index (κ3) is 5.18. The lowest BCUT2D eigenvalue weighted by atomic mass is 10.3. The number of halogens is 3. The molecule has 0 bridgehead atoms. The van der Waals surface area contributed by atoms with Gasteiger partial charge >= 0.3 is 10.2 Å². The Morgan fingerprint density at radius 2 is 1.76 bits per heavy atom. The van der Waals surface area contributed by atoms with Gasteiger partial charge in [0.15, 0.2) is 11.6 Å². The summed E-state index contributed by atoms with van der Waals surface area (Å²) >= 11 is 0. The van der Waals surface area contributed by atoms with Crippen LogP contribution in [-0.2, 0) is 10.2 Å². The summed E-state index contributed by atoms with van der Waals surface area (Å²) in [5.41, 5.74) is -0.894. The van der Waals surface area contributed by atoms with Crippen LogP contribution in [0.4, 0.5) is 18.9 Å². The average molecular weight is 325 g/mol. The fraction of sp³-hybridized carbons (Fsp3) is 0.500. The van der Waals surface area contributed by atoms with Gasteiger partial charge in [-0.05, 0) is 19.5 Å². The zero-order valence-corrected chi connectivity index (χ0v) is 12.6. The van der Waals surface area contributed by atoms with E-state index in [1.165, 1.54) is 7.05 Å². The van der Waals surface area contributed by atoms with Gasteiger partial charge in [0.1, 0.15) is 11.5 Å². The Labute approximate surface area is 122 Å². The van der Waals surface area contributed by atoms with Gasteiger partial charge in [0.2, 0.25) is 0 Å². The highest BCUT2D eigenvalue weighted by atomic mass is 32.2. The normalized spacial score (nSPS) is 11.9. The van der Waals surface area contributed by atoms with Crippen LogP contribution in [0.1, 0.15) is 13.3 Å². The molecular weight excluding hydrogens is 307 g/mol. The van der Waals surface area contributed by atoms with Crippen molar-refractivity contribution in [2.24, 2.45) is 0 Å². The number of hydrogen-bond acceptors (Lipinski definition) is 3. The van der Waals surface area contributed by atoms with E-state index < -0.39 is 33.3 Å². The largest absolute Gasteiger partial charge is 0.317 e. The number of rotatable bonds is 8. The molecule has 5 nitrogen and oxygen atoms in total. The van der Waals surface area contributed by atoms with Crippen molar-refractivity contribution < 1.29 is 21.6 Å². The molecule has 0 spiro atoms. The average Bonchev–Trinajstić information content (AvgIpc) is 2.38. The Kier molecular flexibility index (Phi) is 6.43. The predicted octanol–water partition coefficient (Wildman–Crippen LogP) is 1.69. The lowest BCUT2D eigenvalue weighted by molar-refractivity contribution is 0.458. The van der Waals surface area contributed by atoms with E-state index in [0.29, 0.717) is 25.1 Å². The molecule has 0 aliphatic carbocycles. The SMILES string of the molecule is CCNCCCN(C)S(=O)(=O)Nc1c(F)cc(F)cc1F. The quantitative estimate of drug-likeness (QED) is 0.715. The molecule has 0 saturated carbocycles. The maximum absolute atomic E-state index is 13.4. The first kappa shape index (κ1) is 17.7. The van der Waals surface area contributed by atoms with Gasteiger partial charge < -0.3 is 5.32 Å². The Bertz CT molecular complexity index is 558. The van der Waals surface area contributed by atoms with Crippen molar-refractivity contribution in [2.45, 2.75) is 13.3 Å². The standard InChI is InChI=1S/C12H18F3N3O2S/c1-3-16-5-4-6-18(2)21(19,20)17-12-10(14)7-9(13)8-11(12)15/h7-8,16-17H,3-6H2,1-2H3. The van der Waals surface area contributed by atoms with Crippen molar-refractivity contribution >= 4 is 15.9 Å². The summed E-state index contributed by atoms with van der Waals surface area (Å²) in [6.07, 6.45) is 0.541. The molecule has 1 aromatic rings. The van der Waals surface area contributed by atoms with E-state index in [9.17, 15) is 21.6 Å². The van der Waals surface area contributed by atoms with Gasteiger partial charge in [-0.25, -0.2) is 13.2 Å². The second-order valence-corrected chi connectivity index (χ2v) is 6.16. The van der Waals surface area contributed by atoms with Gasteiger partial charge in [-0.3, -0.25) is 4.72 Å². The highest BCUT2D eigenvalue weighted by Gasteiger charge is 2.22. The van der Waals surface area contributed by atoms with Gasteiger partial charge in [-0.15, -0.1) is 0 Å². The Morgan fingerprint density at radius 1 is 1.19 bits per heavy atom. The first-order valence-corrected chi connectivity index (χ1v) is 7.81. The maximum Gasteiger partial charge on any atom is 0.301 e. The molecule has 2 N–H and O–H groups in total. The minimum Gasteiger partial charge on any atom is -0.317 e. The molecule has 0 fully saturated rings. The van der Waals surface area contributed by atoms with Crippen molar-refractivity contribution in [3.63, 3.8) is 0 Å². The van der Waals surface area contributed by atoms with Crippen molar-refractivity contribution in [1.82, 2.24) is 9.62 Å². The summed E-state index contributed by atoms with van der Waals surface area (Å²) < 4.78 is 66.2. The molecule has 0 amide bonds. The molecule has 0 aliphatic heterocycles. The summed E-state index contributed by atoms with van der Waals surface area (Å²) in [6, 6.07) is 0.818. The van der Waals surface area contributed by atoms with Gasteiger partial charge in [-0.2, -0.15) is 12.7 Å². The Morgan fingerprint density at radius 3 is 2.29 bits per heavy atom. The molecule has 9 heteroatoms. The van der Waals surface area contributed by atoms with Crippen LogP contribution >= 0.6 is 0 Å². The molecule has 0 aliphatic rings. The highest BCUT2D eigenvalue weighted by molar-refractivity contribution is 7.90. The Hall–Kier alpha value is -1.32. The number of hydrogen-bond donors (Lipinski definition) is 2. The van der Waals surface area contributed by atoms with Crippen molar-refractivity contribution in [3.05, 3.63) is 29.6 Å². The topological polar surface area (TPSA) is 61.4 Å². The molecule has 0 unspecified atom stereocenters. The van der Waals surface area contributed by atoms with Gasteiger partial charge in [0.25, 0.3) is 0 Å². The van der Waals surface area contributed by atoms with Crippen molar-refractivity contribution in [1.29, 1.82) is 0 Å². The summed E-state index contributed by atoms with van der Waals surface area (Å²) in [7, 11) is -2.82. The highest BCUT2D eigenvalue weighted by Crippen LogP contribution is 2.21. The van der Waals surface area contributed by atoms with E-state index in [0.717, 1.165) is 10.8 Å². The molecule has 120 valence electrons. The first-order valence-electron chi connectivity index (χ1n) is 6.37. The third-order valence-electron chi connectivity index (χ3n) is 2.72. The summed E-state index contributed by atoms with van der Waals surface area (Å²) in [4.78, 5) is 0. The van der Waals surface area contributed by atoms with E-state index in [-0.39, 0.29) is 6.54 Å². The van der Waals surface area contributed by atoms with Crippen LogP contribution in [0.25, 0.3) is 0 Å². The minimum atomic E-state index is -4.11. The van der Waals surface area contributed by atoms with Crippen LogP contribution in [-0.4, -0.2) is 39.4 Å². The van der Waals surface area contributed by atoms with E-state index in [1.54, 1.807) is 4.72 Å². The van der Waals surface area contributed by atoms with Gasteiger partial charge in [0.05, 0.1) is 0 Å². The van der Waals surface area contributed by atoms with Crippen LogP contribution in [0.3, 0.4) is 0 Å². The van der Waals surface area contributed by atoms with Crippen LogP contribution < -0.4 is 10.0 Å². The zero-order chi connectivity index (χ0) is 16.0. The summed E-state index contributed by atoms with van der Waals surface area (Å²) in [5.74, 6) is -3.74. The molecule has 21 heavy (non-hydrogen) atoms. The second-order valence-electron chi connectivity index (χ2n) is 4.38. The van der Waals surface area contributed by atoms with Crippen molar-refractivity contribution in [2.75, 3.05) is 31.4 Å². The molecule has 0 aromatic heterocycles. The Balaban J connectivity index is 2.76. The smallest absolute Gasteiger partial charge is 0.301 e. The second kappa shape index (κ2) is 7.62. The van der Waals surface area contributed by atoms with Crippen LogP contribution in [0, 0.1) is 17.5 Å². The molecule has 0 atom stereocenters. The van der Waals surface area contributed by atoms with Gasteiger partial charge in [0, 0.05) is 25.7 Å². The van der Waals surface area contributed by atoms with Crippen LogP contribution in [0.2, 0.25) is 0 Å². The lowest BCUT2D eigenvalue weighted by Crippen LogP contribution is -2.35. The summed E-state index contributed by atoms with van der Waals surface area (Å²) in [5, 5.41) is 3.03. The molecule has 1 aromatic carbocycles. The fourth-order valence-electron chi connectivity index (χ4n) is 1.57. The first-order chi connectivity index (χ1) is 9.77. The molecule has 0 saturated heterocycles. The van der Waals surface area contributed by atoms with Crippen molar-refractivity contribution in [3.8, 4) is 0 Å². The van der Waals surface area contributed by atoms with E-state index >= 15 is 0 Å². The zero-order valence-electron chi connectivity index (χ0n) is 11.8. The van der Waals surface area contributed by atoms with Gasteiger partial charge in [-0.1, -0.05) is 6.92 Å². The maximum atomic E-state index is 13.4. The number of nitrogens with zero attached hydrogens (tertiary/aromatic N) is 1. The molecule has 0 radical (unpaired) electrons. The summed E-state index contributed by atoms with van der Waals surface area (Å²) in [6.45, 7) is 3.48. The van der Waals surface area contributed by atoms with E-state index in [4.69, 9.17) is 0 Å². The minimum absolute atomic E-state index is 0.173. The molecule has 0 heterocycles.